The second-order valence-corrected chi connectivity index (χ2v) is 7.53. The summed E-state index contributed by atoms with van der Waals surface area (Å²) < 4.78 is 13.9. The molecule has 2 aliphatic rings. The van der Waals surface area contributed by atoms with Gasteiger partial charge in [0.1, 0.15) is 6.10 Å². The topological polar surface area (TPSA) is 56.3 Å². The molecule has 6 nitrogen and oxygen atoms in total. The van der Waals surface area contributed by atoms with Crippen LogP contribution < -0.4 is 0 Å². The fourth-order valence-corrected chi connectivity index (χ4v) is 4.61. The van der Waals surface area contributed by atoms with Gasteiger partial charge >= 0.3 is 0 Å². The SMILES string of the molecule is Cc1noc([C@H]2CC[C@H]3[C@H](CCN3Cc3cn(C)c4ccccc34)O2)n1. The van der Waals surface area contributed by atoms with E-state index in [-0.39, 0.29) is 12.2 Å². The first kappa shape index (κ1) is 16.0. The monoisotopic (exact) mass is 352 g/mol. The average Bonchev–Trinajstić information content (AvgIpc) is 3.34. The van der Waals surface area contributed by atoms with Gasteiger partial charge in [0.25, 0.3) is 5.89 Å². The molecule has 2 saturated heterocycles. The number of aromatic nitrogens is 3. The fraction of sp³-hybridized carbons (Fsp3) is 0.500. The van der Waals surface area contributed by atoms with E-state index in [0.717, 1.165) is 32.4 Å². The van der Waals surface area contributed by atoms with Crippen LogP contribution in [0, 0.1) is 6.92 Å². The zero-order valence-corrected chi connectivity index (χ0v) is 15.3. The molecule has 2 fully saturated rings. The molecule has 1 aromatic carbocycles. The Balaban J connectivity index is 1.32. The molecule has 0 saturated carbocycles. The van der Waals surface area contributed by atoms with Gasteiger partial charge in [0.15, 0.2) is 5.82 Å². The Morgan fingerprint density at radius 3 is 2.92 bits per heavy atom. The van der Waals surface area contributed by atoms with E-state index in [2.05, 4.69) is 57.1 Å². The number of aryl methyl sites for hydroxylation is 2. The van der Waals surface area contributed by atoms with E-state index in [1.165, 1.54) is 16.5 Å². The molecule has 6 heteroatoms. The molecular weight excluding hydrogens is 328 g/mol. The van der Waals surface area contributed by atoms with Gasteiger partial charge in [0.05, 0.1) is 6.10 Å². The quantitative estimate of drug-likeness (QED) is 0.723. The maximum Gasteiger partial charge on any atom is 0.255 e. The van der Waals surface area contributed by atoms with Crippen molar-refractivity contribution in [2.24, 2.45) is 7.05 Å². The summed E-state index contributed by atoms with van der Waals surface area (Å²) in [7, 11) is 2.12. The predicted molar refractivity (Wildman–Crippen MR) is 97.6 cm³/mol. The summed E-state index contributed by atoms with van der Waals surface area (Å²) in [5.41, 5.74) is 2.70. The lowest BCUT2D eigenvalue weighted by molar-refractivity contribution is -0.0831. The molecule has 0 amide bonds. The zero-order chi connectivity index (χ0) is 17.7. The van der Waals surface area contributed by atoms with Crippen molar-refractivity contribution in [2.45, 2.75) is 51.0 Å². The molecule has 26 heavy (non-hydrogen) atoms. The number of benzene rings is 1. The van der Waals surface area contributed by atoms with Crippen LogP contribution in [0.4, 0.5) is 0 Å². The Morgan fingerprint density at radius 2 is 2.08 bits per heavy atom. The highest BCUT2D eigenvalue weighted by molar-refractivity contribution is 5.83. The van der Waals surface area contributed by atoms with E-state index in [1.807, 2.05) is 6.92 Å². The van der Waals surface area contributed by atoms with Gasteiger partial charge in [-0.15, -0.1) is 0 Å². The van der Waals surface area contributed by atoms with Crippen LogP contribution in [-0.2, 0) is 18.3 Å². The van der Waals surface area contributed by atoms with Gasteiger partial charge in [-0.1, -0.05) is 23.4 Å². The summed E-state index contributed by atoms with van der Waals surface area (Å²) >= 11 is 0. The summed E-state index contributed by atoms with van der Waals surface area (Å²) in [6.45, 7) is 3.91. The molecule has 0 radical (unpaired) electrons. The lowest BCUT2D eigenvalue weighted by Crippen LogP contribution is -2.40. The fourth-order valence-electron chi connectivity index (χ4n) is 4.61. The van der Waals surface area contributed by atoms with Crippen LogP contribution in [0.25, 0.3) is 10.9 Å². The van der Waals surface area contributed by atoms with Crippen molar-refractivity contribution in [1.82, 2.24) is 19.6 Å². The largest absolute Gasteiger partial charge is 0.363 e. The van der Waals surface area contributed by atoms with Crippen molar-refractivity contribution >= 4 is 10.9 Å². The van der Waals surface area contributed by atoms with Crippen LogP contribution in [0.2, 0.25) is 0 Å². The molecule has 0 unspecified atom stereocenters. The Kier molecular flexibility index (Phi) is 3.83. The first-order chi connectivity index (χ1) is 12.7. The van der Waals surface area contributed by atoms with Crippen LogP contribution in [0.15, 0.2) is 35.0 Å². The van der Waals surface area contributed by atoms with Crippen LogP contribution in [0.1, 0.15) is 42.6 Å². The Hall–Kier alpha value is -2.18. The van der Waals surface area contributed by atoms with Crippen molar-refractivity contribution in [3.8, 4) is 0 Å². The molecule has 5 rings (SSSR count). The molecular formula is C20H24N4O2. The smallest absolute Gasteiger partial charge is 0.255 e. The van der Waals surface area contributed by atoms with Crippen molar-refractivity contribution < 1.29 is 9.26 Å². The number of nitrogens with zero attached hydrogens (tertiary/aromatic N) is 4. The lowest BCUT2D eigenvalue weighted by Gasteiger charge is -2.34. The second-order valence-electron chi connectivity index (χ2n) is 7.53. The summed E-state index contributed by atoms with van der Waals surface area (Å²) in [5.74, 6) is 1.31. The van der Waals surface area contributed by atoms with Crippen molar-refractivity contribution in [3.05, 3.63) is 47.7 Å². The van der Waals surface area contributed by atoms with Gasteiger partial charge in [0, 0.05) is 43.3 Å². The molecule has 0 bridgehead atoms. The van der Waals surface area contributed by atoms with E-state index in [0.29, 0.717) is 17.8 Å². The Labute approximate surface area is 152 Å². The summed E-state index contributed by atoms with van der Waals surface area (Å²) in [5, 5.41) is 5.26. The van der Waals surface area contributed by atoms with Gasteiger partial charge in [-0.2, -0.15) is 4.98 Å². The van der Waals surface area contributed by atoms with E-state index in [4.69, 9.17) is 9.26 Å². The Morgan fingerprint density at radius 1 is 1.19 bits per heavy atom. The highest BCUT2D eigenvalue weighted by Crippen LogP contribution is 2.38. The van der Waals surface area contributed by atoms with Crippen LogP contribution in [-0.4, -0.2) is 38.3 Å². The molecule has 4 heterocycles. The molecule has 2 aliphatic heterocycles. The minimum Gasteiger partial charge on any atom is -0.363 e. The molecule has 2 aromatic heterocycles. The molecule has 0 aliphatic carbocycles. The Bertz CT molecular complexity index is 931. The third-order valence-corrected chi connectivity index (χ3v) is 5.83. The van der Waals surface area contributed by atoms with E-state index < -0.39 is 0 Å². The predicted octanol–water partition coefficient (Wildman–Crippen LogP) is 3.36. The molecule has 3 atom stereocenters. The summed E-state index contributed by atoms with van der Waals surface area (Å²) in [4.78, 5) is 6.94. The van der Waals surface area contributed by atoms with E-state index in [9.17, 15) is 0 Å². The minimum absolute atomic E-state index is 0.0463. The van der Waals surface area contributed by atoms with Crippen LogP contribution in [0.5, 0.6) is 0 Å². The molecule has 136 valence electrons. The number of ether oxygens (including phenoxy) is 1. The first-order valence-corrected chi connectivity index (χ1v) is 9.41. The number of hydrogen-bond donors (Lipinski definition) is 0. The summed E-state index contributed by atoms with van der Waals surface area (Å²) in [6, 6.07) is 9.12. The van der Waals surface area contributed by atoms with E-state index >= 15 is 0 Å². The normalized spacial score (nSPS) is 26.5. The lowest BCUT2D eigenvalue weighted by atomic mass is 9.98. The van der Waals surface area contributed by atoms with Gasteiger partial charge in [-0.25, -0.2) is 0 Å². The minimum atomic E-state index is -0.0463. The highest BCUT2D eigenvalue weighted by atomic mass is 16.5. The first-order valence-electron chi connectivity index (χ1n) is 9.41. The second kappa shape index (κ2) is 6.21. The van der Waals surface area contributed by atoms with Crippen LogP contribution in [0.3, 0.4) is 0 Å². The highest BCUT2D eigenvalue weighted by Gasteiger charge is 2.41. The number of hydrogen-bond acceptors (Lipinski definition) is 5. The number of fused-ring (bicyclic) bond motifs is 2. The van der Waals surface area contributed by atoms with Gasteiger partial charge in [-0.3, -0.25) is 4.90 Å². The molecule has 0 spiro atoms. The number of rotatable bonds is 3. The third kappa shape index (κ3) is 2.64. The van der Waals surface area contributed by atoms with Gasteiger partial charge < -0.3 is 13.8 Å². The van der Waals surface area contributed by atoms with Gasteiger partial charge in [-0.05, 0) is 37.8 Å². The van der Waals surface area contributed by atoms with Crippen LogP contribution >= 0.6 is 0 Å². The van der Waals surface area contributed by atoms with E-state index in [1.54, 1.807) is 0 Å². The third-order valence-electron chi connectivity index (χ3n) is 5.83. The van der Waals surface area contributed by atoms with Crippen molar-refractivity contribution in [1.29, 1.82) is 0 Å². The standard InChI is InChI=1S/C20H24N4O2/c1-13-21-20(26-22-13)19-8-7-17-18(25-19)9-10-24(17)12-14-11-23(2)16-6-4-3-5-15(14)16/h3-6,11,17-19H,7-10,12H2,1-2H3/t17-,18-,19+/m0/s1. The van der Waals surface area contributed by atoms with Gasteiger partial charge in [0.2, 0.25) is 0 Å². The summed E-state index contributed by atoms with van der Waals surface area (Å²) in [6.07, 6.45) is 5.60. The molecule has 0 N–H and O–H groups in total. The number of para-hydroxylation sites is 1. The maximum atomic E-state index is 6.33. The number of likely N-dealkylation sites (tertiary alicyclic amines) is 1. The zero-order valence-electron chi connectivity index (χ0n) is 15.3. The maximum absolute atomic E-state index is 6.33. The van der Waals surface area contributed by atoms with Crippen molar-refractivity contribution in [3.63, 3.8) is 0 Å². The van der Waals surface area contributed by atoms with Crippen molar-refractivity contribution in [2.75, 3.05) is 6.54 Å². The molecule has 3 aromatic rings. The average molecular weight is 352 g/mol.